The lowest BCUT2D eigenvalue weighted by Crippen LogP contribution is -2.21. The molecular formula is C23H18N8O. The molecule has 0 saturated heterocycles. The van der Waals surface area contributed by atoms with E-state index in [1.807, 2.05) is 66.7 Å². The van der Waals surface area contributed by atoms with Crippen LogP contribution >= 0.6 is 0 Å². The van der Waals surface area contributed by atoms with Gasteiger partial charge in [-0.25, -0.2) is 9.78 Å². The van der Waals surface area contributed by atoms with Crippen molar-refractivity contribution in [3.63, 3.8) is 0 Å². The molecule has 2 amide bonds. The fourth-order valence-corrected chi connectivity index (χ4v) is 3.21. The molecule has 32 heavy (non-hydrogen) atoms. The third-order valence-corrected chi connectivity index (χ3v) is 4.74. The fraction of sp³-hybridized carbons (Fsp3) is 0. The van der Waals surface area contributed by atoms with Crippen molar-refractivity contribution in [3.8, 4) is 11.3 Å². The number of anilines is 4. The largest absolute Gasteiger partial charge is 0.338 e. The summed E-state index contributed by atoms with van der Waals surface area (Å²) in [5.74, 6) is 1.03. The third kappa shape index (κ3) is 4.08. The van der Waals surface area contributed by atoms with Crippen LogP contribution in [-0.4, -0.2) is 31.4 Å². The van der Waals surface area contributed by atoms with Crippen LogP contribution in [0.3, 0.4) is 0 Å². The van der Waals surface area contributed by atoms with Crippen molar-refractivity contribution in [1.29, 1.82) is 0 Å². The van der Waals surface area contributed by atoms with Gasteiger partial charge in [0, 0.05) is 11.8 Å². The quantitative estimate of drug-likeness (QED) is 0.323. The number of hydrogen-bond acceptors (Lipinski definition) is 6. The molecule has 0 saturated carbocycles. The summed E-state index contributed by atoms with van der Waals surface area (Å²) in [4.78, 5) is 16.8. The highest BCUT2D eigenvalue weighted by atomic mass is 16.2. The number of rotatable bonds is 5. The third-order valence-electron chi connectivity index (χ3n) is 4.74. The number of amides is 2. The van der Waals surface area contributed by atoms with Crippen molar-refractivity contribution in [1.82, 2.24) is 25.4 Å². The van der Waals surface area contributed by atoms with Gasteiger partial charge in [0.25, 0.3) is 0 Å². The lowest BCUT2D eigenvalue weighted by atomic mass is 10.1. The Labute approximate surface area is 182 Å². The first-order valence-electron chi connectivity index (χ1n) is 9.88. The average Bonchev–Trinajstić information content (AvgIpc) is 3.24. The summed E-state index contributed by atoms with van der Waals surface area (Å²) in [5, 5.41) is 25.0. The van der Waals surface area contributed by atoms with Crippen LogP contribution in [0.5, 0.6) is 0 Å². The Balaban J connectivity index is 1.29. The molecule has 5 rings (SSSR count). The summed E-state index contributed by atoms with van der Waals surface area (Å²) < 4.78 is 0. The number of nitrogens with zero attached hydrogens (tertiary/aromatic N) is 4. The standard InChI is InChI=1S/C23H18N8O/c32-23(27-20-13-12-17(28-29-20)15-7-2-1-3-8-15)26-19-11-5-4-10-18(19)25-22-16-9-6-14-24-21(16)30-31-22/h1-14H,(H2,24,25,30,31)(H2,26,27,29,32). The van der Waals surface area contributed by atoms with E-state index in [1.165, 1.54) is 0 Å². The molecule has 0 fully saturated rings. The fourth-order valence-electron chi connectivity index (χ4n) is 3.21. The second-order valence-electron chi connectivity index (χ2n) is 6.89. The van der Waals surface area contributed by atoms with Crippen LogP contribution in [0.2, 0.25) is 0 Å². The minimum Gasteiger partial charge on any atom is -0.338 e. The van der Waals surface area contributed by atoms with E-state index >= 15 is 0 Å². The van der Waals surface area contributed by atoms with Gasteiger partial charge >= 0.3 is 6.03 Å². The Hall–Kier alpha value is -4.79. The molecule has 3 aromatic heterocycles. The predicted molar refractivity (Wildman–Crippen MR) is 124 cm³/mol. The molecule has 0 unspecified atom stereocenters. The van der Waals surface area contributed by atoms with Crippen molar-refractivity contribution >= 4 is 40.1 Å². The Bertz CT molecular complexity index is 1370. The molecule has 0 radical (unpaired) electrons. The van der Waals surface area contributed by atoms with E-state index in [-0.39, 0.29) is 0 Å². The van der Waals surface area contributed by atoms with E-state index < -0.39 is 6.03 Å². The smallest absolute Gasteiger partial charge is 0.324 e. The molecule has 0 aliphatic rings. The molecule has 0 bridgehead atoms. The first kappa shape index (κ1) is 19.2. The number of H-pyrrole nitrogens is 1. The van der Waals surface area contributed by atoms with E-state index in [4.69, 9.17) is 0 Å². The number of aromatic amines is 1. The van der Waals surface area contributed by atoms with Crippen LogP contribution in [0.4, 0.5) is 27.8 Å². The number of carbonyl (C=O) groups excluding carboxylic acids is 1. The molecule has 4 N–H and O–H groups in total. The van der Waals surface area contributed by atoms with Crippen molar-refractivity contribution in [2.24, 2.45) is 0 Å². The second kappa shape index (κ2) is 8.52. The minimum absolute atomic E-state index is 0.346. The lowest BCUT2D eigenvalue weighted by Gasteiger charge is -2.12. The number of nitrogens with one attached hydrogen (secondary N) is 4. The molecule has 0 aliphatic heterocycles. The molecule has 9 heteroatoms. The van der Waals surface area contributed by atoms with Gasteiger partial charge in [0.2, 0.25) is 0 Å². The molecule has 9 nitrogen and oxygen atoms in total. The van der Waals surface area contributed by atoms with E-state index in [9.17, 15) is 4.79 Å². The Morgan fingerprint density at radius 3 is 2.41 bits per heavy atom. The van der Waals surface area contributed by atoms with Crippen molar-refractivity contribution in [2.75, 3.05) is 16.0 Å². The van der Waals surface area contributed by atoms with Gasteiger partial charge in [-0.15, -0.1) is 10.2 Å². The summed E-state index contributed by atoms with van der Waals surface area (Å²) >= 11 is 0. The number of aromatic nitrogens is 5. The summed E-state index contributed by atoms with van der Waals surface area (Å²) in [6, 6.07) is 23.9. The molecule has 156 valence electrons. The number of para-hydroxylation sites is 2. The zero-order chi connectivity index (χ0) is 21.8. The number of urea groups is 1. The average molecular weight is 422 g/mol. The number of carbonyl (C=O) groups is 1. The van der Waals surface area contributed by atoms with E-state index in [0.717, 1.165) is 16.6 Å². The van der Waals surface area contributed by atoms with Crippen molar-refractivity contribution < 1.29 is 4.79 Å². The Morgan fingerprint density at radius 1 is 0.781 bits per heavy atom. The van der Waals surface area contributed by atoms with Crippen LogP contribution in [0, 0.1) is 0 Å². The normalized spacial score (nSPS) is 10.6. The SMILES string of the molecule is O=C(Nc1ccc(-c2ccccc2)nn1)Nc1ccccc1Nc1[nH]nc2ncccc12. The Kier molecular flexibility index (Phi) is 5.11. The monoisotopic (exact) mass is 422 g/mol. The van der Waals surface area contributed by atoms with Gasteiger partial charge in [-0.1, -0.05) is 42.5 Å². The predicted octanol–water partition coefficient (Wildman–Crippen LogP) is 4.80. The van der Waals surface area contributed by atoms with Crippen molar-refractivity contribution in [3.05, 3.63) is 85.1 Å². The van der Waals surface area contributed by atoms with Crippen LogP contribution in [-0.2, 0) is 0 Å². The molecule has 3 heterocycles. The molecule has 0 atom stereocenters. The van der Waals surface area contributed by atoms with E-state index in [0.29, 0.717) is 28.7 Å². The maximum absolute atomic E-state index is 12.6. The molecule has 2 aromatic carbocycles. The first-order valence-corrected chi connectivity index (χ1v) is 9.88. The second-order valence-corrected chi connectivity index (χ2v) is 6.89. The van der Waals surface area contributed by atoms with Gasteiger partial charge in [0.05, 0.1) is 22.5 Å². The lowest BCUT2D eigenvalue weighted by molar-refractivity contribution is 0.262. The highest BCUT2D eigenvalue weighted by molar-refractivity contribution is 6.02. The van der Waals surface area contributed by atoms with Gasteiger partial charge < -0.3 is 10.6 Å². The molecular weight excluding hydrogens is 404 g/mol. The summed E-state index contributed by atoms with van der Waals surface area (Å²) in [7, 11) is 0. The molecule has 5 aromatic rings. The number of fused-ring (bicyclic) bond motifs is 1. The van der Waals surface area contributed by atoms with Crippen LogP contribution < -0.4 is 16.0 Å². The van der Waals surface area contributed by atoms with E-state index in [1.54, 1.807) is 18.3 Å². The highest BCUT2D eigenvalue weighted by Gasteiger charge is 2.11. The van der Waals surface area contributed by atoms with Gasteiger partial charge in [-0.05, 0) is 36.4 Å². The molecule has 0 spiro atoms. The molecule has 0 aliphatic carbocycles. The number of pyridine rings is 1. The van der Waals surface area contributed by atoms with Gasteiger partial charge in [-0.3, -0.25) is 10.4 Å². The Morgan fingerprint density at radius 2 is 1.59 bits per heavy atom. The van der Waals surface area contributed by atoms with Crippen LogP contribution in [0.25, 0.3) is 22.3 Å². The van der Waals surface area contributed by atoms with Gasteiger partial charge in [-0.2, -0.15) is 5.10 Å². The maximum Gasteiger partial charge on any atom is 0.324 e. The number of hydrogen-bond donors (Lipinski definition) is 4. The summed E-state index contributed by atoms with van der Waals surface area (Å²) in [6.07, 6.45) is 1.68. The zero-order valence-corrected chi connectivity index (χ0v) is 16.8. The number of benzene rings is 2. The highest BCUT2D eigenvalue weighted by Crippen LogP contribution is 2.28. The van der Waals surface area contributed by atoms with Crippen LogP contribution in [0.15, 0.2) is 85.1 Å². The van der Waals surface area contributed by atoms with Gasteiger partial charge in [0.1, 0.15) is 5.82 Å². The summed E-state index contributed by atoms with van der Waals surface area (Å²) in [5.41, 5.74) is 3.58. The van der Waals surface area contributed by atoms with Gasteiger partial charge in [0.15, 0.2) is 11.5 Å². The first-order chi connectivity index (χ1) is 15.8. The maximum atomic E-state index is 12.6. The minimum atomic E-state index is -0.433. The van der Waals surface area contributed by atoms with E-state index in [2.05, 4.69) is 41.3 Å². The zero-order valence-electron chi connectivity index (χ0n) is 16.8. The van der Waals surface area contributed by atoms with Crippen LogP contribution in [0.1, 0.15) is 0 Å². The van der Waals surface area contributed by atoms with Crippen molar-refractivity contribution in [2.45, 2.75) is 0 Å². The summed E-state index contributed by atoms with van der Waals surface area (Å²) in [6.45, 7) is 0. The topological polar surface area (TPSA) is 121 Å².